The van der Waals surface area contributed by atoms with Gasteiger partial charge in [-0.25, -0.2) is 0 Å². The normalized spacial score (nSPS) is 22.2. The minimum atomic E-state index is -0.597. The third kappa shape index (κ3) is 6.36. The highest BCUT2D eigenvalue weighted by Gasteiger charge is 2.35. The number of benzene rings is 1. The summed E-state index contributed by atoms with van der Waals surface area (Å²) < 4.78 is 21.8. The molecule has 0 bridgehead atoms. The molecule has 1 aromatic rings. The maximum atomic E-state index is 11.2. The summed E-state index contributed by atoms with van der Waals surface area (Å²) in [4.78, 5) is 33.3. The van der Waals surface area contributed by atoms with Crippen LogP contribution in [-0.2, 0) is 28.6 Å². The Labute approximate surface area is 151 Å². The number of anilines is 1. The fourth-order valence-corrected chi connectivity index (χ4v) is 2.59. The van der Waals surface area contributed by atoms with Gasteiger partial charge in [-0.15, -0.1) is 0 Å². The first kappa shape index (κ1) is 19.7. The molecular formula is C18H23NO7. The van der Waals surface area contributed by atoms with Crippen LogP contribution < -0.4 is 10.1 Å². The minimum Gasteiger partial charge on any atom is -0.465 e. The second kappa shape index (κ2) is 9.19. The van der Waals surface area contributed by atoms with E-state index in [1.54, 1.807) is 24.3 Å². The molecule has 1 fully saturated rings. The number of carbonyl (C=O) groups excluding carboxylic acids is 3. The standard InChI is InChI=1S/C18H23NO7/c1-11(20)19-14-4-6-15(7-5-14)25-18-9-8-16(24-13(3)22)17(26-18)10-23-12(2)21/h4-7,16-18H,8-10H2,1-3H3,(H,19,20)/t16-,17?,18-/m0/s1. The predicted octanol–water partition coefficient (Wildman–Crippen LogP) is 2.02. The lowest BCUT2D eigenvalue weighted by atomic mass is 10.0. The summed E-state index contributed by atoms with van der Waals surface area (Å²) in [6.45, 7) is 4.04. The van der Waals surface area contributed by atoms with Gasteiger partial charge in [0.15, 0.2) is 0 Å². The van der Waals surface area contributed by atoms with Crippen molar-refractivity contribution in [2.24, 2.45) is 0 Å². The lowest BCUT2D eigenvalue weighted by Crippen LogP contribution is -2.45. The first-order valence-corrected chi connectivity index (χ1v) is 8.34. The highest BCUT2D eigenvalue weighted by atomic mass is 16.7. The molecule has 1 N–H and O–H groups in total. The minimum absolute atomic E-state index is 0.0192. The summed E-state index contributed by atoms with van der Waals surface area (Å²) in [5.41, 5.74) is 0.664. The van der Waals surface area contributed by atoms with Crippen LogP contribution in [0.4, 0.5) is 5.69 Å². The lowest BCUT2D eigenvalue weighted by Gasteiger charge is -2.35. The Morgan fingerprint density at radius 1 is 1.08 bits per heavy atom. The van der Waals surface area contributed by atoms with Crippen LogP contribution in [-0.4, -0.2) is 43.0 Å². The molecule has 1 saturated heterocycles. The third-order valence-corrected chi connectivity index (χ3v) is 3.64. The number of esters is 2. The Bertz CT molecular complexity index is 643. The van der Waals surface area contributed by atoms with Crippen molar-refractivity contribution in [2.45, 2.75) is 52.1 Å². The summed E-state index contributed by atoms with van der Waals surface area (Å²) in [7, 11) is 0. The molecule has 1 heterocycles. The Hall–Kier alpha value is -2.61. The van der Waals surface area contributed by atoms with E-state index in [1.807, 2.05) is 0 Å². The quantitative estimate of drug-likeness (QED) is 0.770. The Morgan fingerprint density at radius 2 is 1.77 bits per heavy atom. The number of carbonyl (C=O) groups is 3. The van der Waals surface area contributed by atoms with Gasteiger partial charge in [-0.1, -0.05) is 0 Å². The molecular weight excluding hydrogens is 342 g/mol. The van der Waals surface area contributed by atoms with E-state index in [-0.39, 0.29) is 12.5 Å². The van der Waals surface area contributed by atoms with E-state index in [1.165, 1.54) is 20.8 Å². The highest BCUT2D eigenvalue weighted by molar-refractivity contribution is 5.88. The first-order chi connectivity index (χ1) is 12.3. The van der Waals surface area contributed by atoms with Crippen molar-refractivity contribution in [3.05, 3.63) is 24.3 Å². The van der Waals surface area contributed by atoms with E-state index in [0.29, 0.717) is 24.3 Å². The van der Waals surface area contributed by atoms with Gasteiger partial charge in [0, 0.05) is 32.9 Å². The highest BCUT2D eigenvalue weighted by Crippen LogP contribution is 2.26. The van der Waals surface area contributed by atoms with Crippen LogP contribution in [0.1, 0.15) is 33.6 Å². The zero-order chi connectivity index (χ0) is 19.1. The molecule has 1 amide bonds. The zero-order valence-electron chi connectivity index (χ0n) is 15.0. The van der Waals surface area contributed by atoms with Crippen LogP contribution >= 0.6 is 0 Å². The molecule has 8 nitrogen and oxygen atoms in total. The fraction of sp³-hybridized carbons (Fsp3) is 0.500. The molecule has 26 heavy (non-hydrogen) atoms. The van der Waals surface area contributed by atoms with E-state index < -0.39 is 30.4 Å². The number of hydrogen-bond acceptors (Lipinski definition) is 7. The summed E-state index contributed by atoms with van der Waals surface area (Å²) in [5, 5.41) is 2.67. The Morgan fingerprint density at radius 3 is 2.35 bits per heavy atom. The van der Waals surface area contributed by atoms with Crippen molar-refractivity contribution in [1.82, 2.24) is 0 Å². The molecule has 0 radical (unpaired) electrons. The van der Waals surface area contributed by atoms with E-state index in [9.17, 15) is 14.4 Å². The molecule has 0 spiro atoms. The van der Waals surface area contributed by atoms with Crippen LogP contribution in [0, 0.1) is 0 Å². The second-order valence-corrected chi connectivity index (χ2v) is 5.96. The van der Waals surface area contributed by atoms with Gasteiger partial charge in [0.2, 0.25) is 12.2 Å². The largest absolute Gasteiger partial charge is 0.465 e. The lowest BCUT2D eigenvalue weighted by molar-refractivity contribution is -0.212. The van der Waals surface area contributed by atoms with Crippen molar-refractivity contribution in [3.8, 4) is 5.75 Å². The zero-order valence-corrected chi connectivity index (χ0v) is 15.0. The molecule has 0 aromatic heterocycles. The smallest absolute Gasteiger partial charge is 0.302 e. The van der Waals surface area contributed by atoms with Crippen molar-refractivity contribution in [3.63, 3.8) is 0 Å². The van der Waals surface area contributed by atoms with Gasteiger partial charge in [0.05, 0.1) is 0 Å². The van der Waals surface area contributed by atoms with Crippen molar-refractivity contribution in [1.29, 1.82) is 0 Å². The molecule has 8 heteroatoms. The molecule has 1 aliphatic rings. The Balaban J connectivity index is 1.96. The van der Waals surface area contributed by atoms with Gasteiger partial charge in [-0.3, -0.25) is 14.4 Å². The molecule has 1 aromatic carbocycles. The second-order valence-electron chi connectivity index (χ2n) is 5.96. The van der Waals surface area contributed by atoms with E-state index in [0.717, 1.165) is 0 Å². The van der Waals surface area contributed by atoms with E-state index in [4.69, 9.17) is 18.9 Å². The molecule has 1 aliphatic heterocycles. The molecule has 2 rings (SSSR count). The number of hydrogen-bond donors (Lipinski definition) is 1. The molecule has 3 atom stereocenters. The maximum Gasteiger partial charge on any atom is 0.302 e. The Kier molecular flexibility index (Phi) is 6.97. The number of amides is 1. The number of ether oxygens (including phenoxy) is 4. The van der Waals surface area contributed by atoms with Crippen molar-refractivity contribution >= 4 is 23.5 Å². The van der Waals surface area contributed by atoms with Crippen LogP contribution in [0.3, 0.4) is 0 Å². The maximum absolute atomic E-state index is 11.2. The topological polar surface area (TPSA) is 100 Å². The van der Waals surface area contributed by atoms with Gasteiger partial charge in [-0.2, -0.15) is 0 Å². The van der Waals surface area contributed by atoms with Crippen LogP contribution in [0.15, 0.2) is 24.3 Å². The van der Waals surface area contributed by atoms with Crippen LogP contribution in [0.25, 0.3) is 0 Å². The number of nitrogens with one attached hydrogen (secondary N) is 1. The van der Waals surface area contributed by atoms with Crippen LogP contribution in [0.2, 0.25) is 0 Å². The van der Waals surface area contributed by atoms with Gasteiger partial charge in [0.1, 0.15) is 24.6 Å². The van der Waals surface area contributed by atoms with Crippen molar-refractivity contribution in [2.75, 3.05) is 11.9 Å². The summed E-state index contributed by atoms with van der Waals surface area (Å²) in [6.07, 6.45) is -0.606. The number of rotatable bonds is 6. The molecule has 0 aliphatic carbocycles. The first-order valence-electron chi connectivity index (χ1n) is 8.34. The van der Waals surface area contributed by atoms with Gasteiger partial charge >= 0.3 is 11.9 Å². The SMILES string of the molecule is CC(=O)Nc1ccc(O[C@@H]2CC[C@H](OC(C)=O)C(COC(C)=O)O2)cc1. The molecule has 0 saturated carbocycles. The average molecular weight is 365 g/mol. The van der Waals surface area contributed by atoms with Gasteiger partial charge < -0.3 is 24.3 Å². The molecule has 142 valence electrons. The summed E-state index contributed by atoms with van der Waals surface area (Å²) in [6, 6.07) is 6.87. The summed E-state index contributed by atoms with van der Waals surface area (Å²) >= 11 is 0. The van der Waals surface area contributed by atoms with Crippen LogP contribution in [0.5, 0.6) is 5.75 Å². The molecule has 1 unspecified atom stereocenters. The fourth-order valence-electron chi connectivity index (χ4n) is 2.59. The summed E-state index contributed by atoms with van der Waals surface area (Å²) in [5.74, 6) is -0.438. The van der Waals surface area contributed by atoms with E-state index >= 15 is 0 Å². The predicted molar refractivity (Wildman–Crippen MR) is 91.5 cm³/mol. The van der Waals surface area contributed by atoms with Gasteiger partial charge in [-0.05, 0) is 30.7 Å². The van der Waals surface area contributed by atoms with Gasteiger partial charge in [0.25, 0.3) is 0 Å². The monoisotopic (exact) mass is 365 g/mol. The third-order valence-electron chi connectivity index (χ3n) is 3.64. The van der Waals surface area contributed by atoms with E-state index in [2.05, 4.69) is 5.32 Å². The van der Waals surface area contributed by atoms with Crippen molar-refractivity contribution < 1.29 is 33.3 Å². The average Bonchev–Trinajstić information content (AvgIpc) is 2.55.